The first-order valence-electron chi connectivity index (χ1n) is 18.2. The predicted molar refractivity (Wildman–Crippen MR) is 219 cm³/mol. The lowest BCUT2D eigenvalue weighted by Gasteiger charge is -2.20. The molecule has 0 saturated heterocycles. The number of aromatic nitrogens is 4. The number of pyridine rings is 1. The zero-order chi connectivity index (χ0) is 36.3. The van der Waals surface area contributed by atoms with Crippen molar-refractivity contribution >= 4 is 40.8 Å². The van der Waals surface area contributed by atoms with Gasteiger partial charge >= 0.3 is 0 Å². The second-order valence-corrected chi connectivity index (χ2v) is 14.9. The van der Waals surface area contributed by atoms with Gasteiger partial charge in [-0.2, -0.15) is 0 Å². The van der Waals surface area contributed by atoms with E-state index in [0.717, 1.165) is 72.6 Å². The van der Waals surface area contributed by atoms with Gasteiger partial charge in [0.15, 0.2) is 0 Å². The molecule has 0 N–H and O–H groups in total. The average molecular weight is 690 g/mol. The number of para-hydroxylation sites is 2. The lowest BCUT2D eigenvalue weighted by Crippen LogP contribution is -2.43. The minimum absolute atomic E-state index is 0.00240. The van der Waals surface area contributed by atoms with E-state index in [4.69, 9.17) is 14.7 Å². The van der Waals surface area contributed by atoms with Gasteiger partial charge in [-0.3, -0.25) is 9.13 Å². The summed E-state index contributed by atoms with van der Waals surface area (Å²) in [5.74, 6) is 5.47. The maximum atomic E-state index is 6.69. The lowest BCUT2D eigenvalue weighted by atomic mass is 9.62. The molecule has 1 aliphatic rings. The Morgan fingerprint density at radius 2 is 1.40 bits per heavy atom. The van der Waals surface area contributed by atoms with Gasteiger partial charge < -0.3 is 9.55 Å². The summed E-state index contributed by atoms with van der Waals surface area (Å²) in [5, 5.41) is 4.36. The SMILES string of the molecule is CB1C=c2nc(-c3cccc(Oc4ccc5c6ccccc6n(-c6cc(C(C)(C)C)ccn6)c5c4)c3)n(-c3ccccc3-c3ccccc3)c2=CN1C. The van der Waals surface area contributed by atoms with Crippen LogP contribution in [0.1, 0.15) is 26.3 Å². The molecule has 7 heteroatoms. The van der Waals surface area contributed by atoms with E-state index in [1.165, 1.54) is 10.9 Å². The molecule has 0 amide bonds. The van der Waals surface area contributed by atoms with Crippen LogP contribution in [0.5, 0.6) is 11.5 Å². The van der Waals surface area contributed by atoms with Crippen molar-refractivity contribution in [2.75, 3.05) is 7.05 Å². The summed E-state index contributed by atoms with van der Waals surface area (Å²) in [7, 11) is 2.12. The first kappa shape index (κ1) is 32.6. The van der Waals surface area contributed by atoms with Crippen molar-refractivity contribution < 1.29 is 4.74 Å². The van der Waals surface area contributed by atoms with E-state index in [-0.39, 0.29) is 12.3 Å². The summed E-state index contributed by atoms with van der Waals surface area (Å²) in [6, 6.07) is 46.5. The average Bonchev–Trinajstić information content (AvgIpc) is 3.70. The Hall–Kier alpha value is -6.34. The molecule has 5 aromatic carbocycles. The second-order valence-electron chi connectivity index (χ2n) is 14.9. The molecular formula is C46H40BN5O. The molecule has 53 heavy (non-hydrogen) atoms. The molecule has 8 aromatic rings. The first-order chi connectivity index (χ1) is 25.7. The van der Waals surface area contributed by atoms with E-state index in [2.05, 4.69) is 182 Å². The highest BCUT2D eigenvalue weighted by Gasteiger charge is 2.22. The van der Waals surface area contributed by atoms with Crippen LogP contribution in [-0.4, -0.2) is 37.8 Å². The van der Waals surface area contributed by atoms with Crippen molar-refractivity contribution in [3.8, 4) is 45.5 Å². The van der Waals surface area contributed by atoms with E-state index >= 15 is 0 Å². The number of imidazole rings is 1. The summed E-state index contributed by atoms with van der Waals surface area (Å²) < 4.78 is 11.2. The van der Waals surface area contributed by atoms with Crippen LogP contribution < -0.4 is 15.4 Å². The summed E-state index contributed by atoms with van der Waals surface area (Å²) in [4.78, 5) is 12.4. The predicted octanol–water partition coefficient (Wildman–Crippen LogP) is 9.41. The molecule has 0 unspecified atom stereocenters. The maximum absolute atomic E-state index is 6.69. The highest BCUT2D eigenvalue weighted by molar-refractivity contribution is 6.70. The van der Waals surface area contributed by atoms with E-state index < -0.39 is 0 Å². The topological polar surface area (TPSA) is 48.1 Å². The molecule has 0 atom stereocenters. The summed E-state index contributed by atoms with van der Waals surface area (Å²) in [5.41, 5.74) is 7.73. The molecule has 0 fully saturated rings. The Balaban J connectivity index is 1.16. The standard InChI is InChI=1S/C46H40BN5O/c1-46(2,3)33-24-25-48-44(27-33)51-41-21-12-10-19-37(41)38-23-22-35(28-42(38)51)53-34-17-13-16-32(26-34)45-49-39-29-47(4)50(5)30-43(39)52(45)40-20-11-9-18-36(40)31-14-7-6-8-15-31/h6-30H,1-5H3. The zero-order valence-electron chi connectivity index (χ0n) is 30.7. The number of nitrogens with zero attached hydrogens (tertiary/aromatic N) is 5. The minimum atomic E-state index is -0.00240. The van der Waals surface area contributed by atoms with Crippen molar-refractivity contribution in [2.24, 2.45) is 0 Å². The van der Waals surface area contributed by atoms with Crippen molar-refractivity contribution in [1.29, 1.82) is 0 Å². The van der Waals surface area contributed by atoms with Crippen LogP contribution in [0.2, 0.25) is 6.82 Å². The molecule has 3 aromatic heterocycles. The van der Waals surface area contributed by atoms with Crippen LogP contribution in [0.15, 0.2) is 140 Å². The summed E-state index contributed by atoms with van der Waals surface area (Å²) in [6.45, 7) is 9.12. The fraction of sp³-hybridized carbons (Fsp3) is 0.130. The number of benzene rings is 5. The van der Waals surface area contributed by atoms with Crippen LogP contribution in [-0.2, 0) is 5.41 Å². The first-order valence-corrected chi connectivity index (χ1v) is 18.2. The van der Waals surface area contributed by atoms with Gasteiger partial charge in [-0.25, -0.2) is 9.97 Å². The molecule has 9 rings (SSSR count). The third kappa shape index (κ3) is 5.79. The Kier molecular flexibility index (Phi) is 7.81. The molecule has 1 aliphatic heterocycles. The Morgan fingerprint density at radius 1 is 0.660 bits per heavy atom. The molecular weight excluding hydrogens is 649 g/mol. The molecule has 0 spiro atoms. The number of hydrogen-bond acceptors (Lipinski definition) is 4. The largest absolute Gasteiger partial charge is 0.457 e. The fourth-order valence-corrected chi connectivity index (χ4v) is 7.42. The van der Waals surface area contributed by atoms with Crippen molar-refractivity contribution in [2.45, 2.75) is 33.0 Å². The van der Waals surface area contributed by atoms with Gasteiger partial charge in [0, 0.05) is 40.4 Å². The van der Waals surface area contributed by atoms with Crippen molar-refractivity contribution in [1.82, 2.24) is 23.9 Å². The number of fused-ring (bicyclic) bond motifs is 4. The van der Waals surface area contributed by atoms with Gasteiger partial charge in [0.2, 0.25) is 0 Å². The van der Waals surface area contributed by atoms with Gasteiger partial charge in [0.1, 0.15) is 23.1 Å². The van der Waals surface area contributed by atoms with E-state index in [0.29, 0.717) is 0 Å². The van der Waals surface area contributed by atoms with Crippen LogP contribution in [0.3, 0.4) is 0 Å². The molecule has 0 radical (unpaired) electrons. The van der Waals surface area contributed by atoms with Crippen molar-refractivity contribution in [3.63, 3.8) is 0 Å². The van der Waals surface area contributed by atoms with Crippen LogP contribution in [0.25, 0.3) is 68.0 Å². The van der Waals surface area contributed by atoms with Gasteiger partial charge in [-0.05, 0) is 72.1 Å². The lowest BCUT2D eigenvalue weighted by molar-refractivity contribution is 0.483. The summed E-state index contributed by atoms with van der Waals surface area (Å²) in [6.07, 6.45) is 4.12. The highest BCUT2D eigenvalue weighted by Crippen LogP contribution is 2.37. The second kappa shape index (κ2) is 12.7. The van der Waals surface area contributed by atoms with Crippen LogP contribution in [0.4, 0.5) is 0 Å². The van der Waals surface area contributed by atoms with Gasteiger partial charge in [0.25, 0.3) is 6.85 Å². The molecule has 6 nitrogen and oxygen atoms in total. The molecule has 4 heterocycles. The number of hydrogen-bond donors (Lipinski definition) is 0. The van der Waals surface area contributed by atoms with E-state index in [9.17, 15) is 0 Å². The number of ether oxygens (including phenoxy) is 1. The normalized spacial score (nSPS) is 12.8. The fourth-order valence-electron chi connectivity index (χ4n) is 7.42. The smallest absolute Gasteiger partial charge is 0.279 e. The molecule has 258 valence electrons. The molecule has 0 saturated carbocycles. The van der Waals surface area contributed by atoms with Gasteiger partial charge in [0.05, 0.1) is 27.4 Å². The highest BCUT2D eigenvalue weighted by atomic mass is 16.5. The Bertz CT molecular complexity index is 2790. The molecule has 0 aliphatic carbocycles. The minimum Gasteiger partial charge on any atom is -0.457 e. The third-order valence-corrected chi connectivity index (χ3v) is 10.4. The monoisotopic (exact) mass is 689 g/mol. The van der Waals surface area contributed by atoms with Gasteiger partial charge in [-0.1, -0.05) is 112 Å². The summed E-state index contributed by atoms with van der Waals surface area (Å²) >= 11 is 0. The zero-order valence-corrected chi connectivity index (χ0v) is 30.7. The van der Waals surface area contributed by atoms with Gasteiger partial charge in [-0.15, -0.1) is 0 Å². The maximum Gasteiger partial charge on any atom is 0.279 e. The van der Waals surface area contributed by atoms with E-state index in [1.807, 2.05) is 18.3 Å². The van der Waals surface area contributed by atoms with Crippen LogP contribution in [0, 0.1) is 0 Å². The third-order valence-electron chi connectivity index (χ3n) is 10.4. The van der Waals surface area contributed by atoms with E-state index in [1.54, 1.807) is 0 Å². The van der Waals surface area contributed by atoms with Crippen LogP contribution >= 0.6 is 0 Å². The number of rotatable bonds is 6. The Labute approximate surface area is 310 Å². The van der Waals surface area contributed by atoms with Crippen molar-refractivity contribution in [3.05, 3.63) is 156 Å². The quantitative estimate of drug-likeness (QED) is 0.163. The Morgan fingerprint density at radius 3 is 2.25 bits per heavy atom. The molecule has 0 bridgehead atoms.